The van der Waals surface area contributed by atoms with Crippen LogP contribution in [0.4, 0.5) is 5.69 Å². The van der Waals surface area contributed by atoms with E-state index in [1.54, 1.807) is 23.1 Å². The van der Waals surface area contributed by atoms with Crippen molar-refractivity contribution in [3.05, 3.63) is 42.5 Å². The maximum Gasteiger partial charge on any atom is 0.224 e. The molecule has 0 saturated heterocycles. The Balaban J connectivity index is 1.43. The summed E-state index contributed by atoms with van der Waals surface area (Å²) in [5, 5.41) is 11.3. The van der Waals surface area contributed by atoms with E-state index in [2.05, 4.69) is 26.5 Å². The number of fused-ring (bicyclic) bond motifs is 2. The molecule has 2 aromatic carbocycles. The standard InChI is InChI=1S/C20H17N5OS2/c1-2-3-4-9-19(26)21-14-10-11-16-18(12-14)28-20(22-16)27-13-25-17-8-6-5-7-15(17)23-24-25/h1,5-8,10-12H,3-4,9,13H2,(H,21,26). The number of hydrogen-bond acceptors (Lipinski definition) is 6. The Hall–Kier alpha value is -2.89. The van der Waals surface area contributed by atoms with E-state index in [9.17, 15) is 4.79 Å². The second-order valence-electron chi connectivity index (χ2n) is 6.12. The van der Waals surface area contributed by atoms with E-state index < -0.39 is 0 Å². The molecule has 0 aliphatic heterocycles. The molecular formula is C20H17N5OS2. The van der Waals surface area contributed by atoms with Crippen LogP contribution in [0.25, 0.3) is 21.3 Å². The fourth-order valence-corrected chi connectivity index (χ4v) is 4.73. The van der Waals surface area contributed by atoms with Crippen molar-refractivity contribution in [2.45, 2.75) is 29.5 Å². The molecule has 0 saturated carbocycles. The second-order valence-corrected chi connectivity index (χ2v) is 8.34. The van der Waals surface area contributed by atoms with Gasteiger partial charge in [-0.3, -0.25) is 4.79 Å². The van der Waals surface area contributed by atoms with E-state index >= 15 is 0 Å². The van der Waals surface area contributed by atoms with Crippen LogP contribution in [0.3, 0.4) is 0 Å². The number of carbonyl (C=O) groups is 1. The van der Waals surface area contributed by atoms with Crippen LogP contribution in [0.5, 0.6) is 0 Å². The monoisotopic (exact) mass is 407 g/mol. The normalized spacial score (nSPS) is 11.0. The molecule has 0 unspecified atom stereocenters. The second kappa shape index (κ2) is 8.42. The molecule has 8 heteroatoms. The molecule has 28 heavy (non-hydrogen) atoms. The topological polar surface area (TPSA) is 72.7 Å². The highest BCUT2D eigenvalue weighted by atomic mass is 32.2. The lowest BCUT2D eigenvalue weighted by Gasteiger charge is -2.04. The van der Waals surface area contributed by atoms with Crippen molar-refractivity contribution in [1.82, 2.24) is 20.0 Å². The molecule has 0 radical (unpaired) electrons. The third-order valence-electron chi connectivity index (χ3n) is 4.11. The summed E-state index contributed by atoms with van der Waals surface area (Å²) < 4.78 is 3.85. The molecule has 2 heterocycles. The van der Waals surface area contributed by atoms with Crippen LogP contribution in [0.15, 0.2) is 46.8 Å². The number of rotatable bonds is 7. The zero-order valence-electron chi connectivity index (χ0n) is 15.0. The molecule has 4 rings (SSSR count). The molecule has 0 atom stereocenters. The van der Waals surface area contributed by atoms with Crippen LogP contribution in [-0.2, 0) is 10.7 Å². The fourth-order valence-electron chi connectivity index (χ4n) is 2.75. The van der Waals surface area contributed by atoms with Gasteiger partial charge >= 0.3 is 0 Å². The summed E-state index contributed by atoms with van der Waals surface area (Å²) in [6.45, 7) is 0. The Morgan fingerprint density at radius 3 is 3.04 bits per heavy atom. The number of benzene rings is 2. The van der Waals surface area contributed by atoms with Gasteiger partial charge in [-0.25, -0.2) is 9.67 Å². The van der Waals surface area contributed by atoms with Crippen molar-refractivity contribution in [1.29, 1.82) is 0 Å². The van der Waals surface area contributed by atoms with Gasteiger partial charge in [-0.05, 0) is 36.8 Å². The van der Waals surface area contributed by atoms with Crippen LogP contribution in [0.2, 0.25) is 0 Å². The van der Waals surface area contributed by atoms with Gasteiger partial charge in [-0.15, -0.1) is 28.8 Å². The third-order valence-corrected chi connectivity index (χ3v) is 6.24. The van der Waals surface area contributed by atoms with Crippen molar-refractivity contribution < 1.29 is 4.79 Å². The SMILES string of the molecule is C#CCCCC(=O)Nc1ccc2nc(SCn3nnc4ccccc43)sc2c1. The average Bonchev–Trinajstić information content (AvgIpc) is 3.29. The number of unbranched alkanes of at least 4 members (excludes halogenated alkanes) is 1. The summed E-state index contributed by atoms with van der Waals surface area (Å²) in [5.74, 6) is 3.16. The summed E-state index contributed by atoms with van der Waals surface area (Å²) >= 11 is 3.21. The number of para-hydroxylation sites is 1. The summed E-state index contributed by atoms with van der Waals surface area (Å²) in [6, 6.07) is 13.6. The van der Waals surface area contributed by atoms with E-state index in [-0.39, 0.29) is 5.91 Å². The first-order valence-electron chi connectivity index (χ1n) is 8.78. The number of nitrogens with one attached hydrogen (secondary N) is 1. The summed E-state index contributed by atoms with van der Waals surface area (Å²) in [6.07, 6.45) is 6.96. The van der Waals surface area contributed by atoms with Crippen LogP contribution in [0.1, 0.15) is 19.3 Å². The first-order valence-corrected chi connectivity index (χ1v) is 10.6. The Morgan fingerprint density at radius 2 is 2.14 bits per heavy atom. The van der Waals surface area contributed by atoms with Crippen molar-refractivity contribution in [3.8, 4) is 12.3 Å². The highest BCUT2D eigenvalue weighted by molar-refractivity contribution is 8.00. The minimum atomic E-state index is -0.0215. The number of anilines is 1. The Labute approximate surface area is 170 Å². The van der Waals surface area contributed by atoms with Crippen molar-refractivity contribution >= 4 is 55.9 Å². The third kappa shape index (κ3) is 4.16. The van der Waals surface area contributed by atoms with Gasteiger partial charge in [0.2, 0.25) is 5.91 Å². The lowest BCUT2D eigenvalue weighted by atomic mass is 10.2. The van der Waals surface area contributed by atoms with Gasteiger partial charge in [-0.1, -0.05) is 29.1 Å². The van der Waals surface area contributed by atoms with E-state index in [1.165, 1.54) is 0 Å². The highest BCUT2D eigenvalue weighted by Crippen LogP contribution is 2.32. The highest BCUT2D eigenvalue weighted by Gasteiger charge is 2.09. The van der Waals surface area contributed by atoms with Crippen molar-refractivity contribution in [2.24, 2.45) is 0 Å². The molecule has 140 valence electrons. The minimum Gasteiger partial charge on any atom is -0.326 e. The lowest BCUT2D eigenvalue weighted by molar-refractivity contribution is -0.116. The van der Waals surface area contributed by atoms with Crippen LogP contribution in [0, 0.1) is 12.3 Å². The van der Waals surface area contributed by atoms with E-state index in [1.807, 2.05) is 47.1 Å². The van der Waals surface area contributed by atoms with Gasteiger partial charge in [0.25, 0.3) is 0 Å². The number of terminal acetylenes is 1. The number of thioether (sulfide) groups is 1. The number of amides is 1. The lowest BCUT2D eigenvalue weighted by Crippen LogP contribution is -2.10. The molecule has 0 aliphatic rings. The molecule has 2 aromatic heterocycles. The van der Waals surface area contributed by atoms with Crippen LogP contribution >= 0.6 is 23.1 Å². The number of thiazole rings is 1. The van der Waals surface area contributed by atoms with Gasteiger partial charge in [0, 0.05) is 18.5 Å². The van der Waals surface area contributed by atoms with Gasteiger partial charge in [-0.2, -0.15) is 0 Å². The maximum absolute atomic E-state index is 12.0. The van der Waals surface area contributed by atoms with Crippen molar-refractivity contribution in [3.63, 3.8) is 0 Å². The first-order chi connectivity index (χ1) is 13.7. The Bertz CT molecular complexity index is 1170. The van der Waals surface area contributed by atoms with Crippen LogP contribution in [-0.4, -0.2) is 25.9 Å². The molecule has 0 bridgehead atoms. The van der Waals surface area contributed by atoms with Gasteiger partial charge < -0.3 is 5.32 Å². The largest absolute Gasteiger partial charge is 0.326 e. The fraction of sp³-hybridized carbons (Fsp3) is 0.200. The van der Waals surface area contributed by atoms with Gasteiger partial charge in [0.1, 0.15) is 5.52 Å². The number of nitrogens with zero attached hydrogens (tertiary/aromatic N) is 4. The molecule has 0 aliphatic carbocycles. The predicted octanol–water partition coefficient (Wildman–Crippen LogP) is 4.53. The summed E-state index contributed by atoms with van der Waals surface area (Å²) in [5.41, 5.74) is 3.59. The smallest absolute Gasteiger partial charge is 0.224 e. The molecule has 6 nitrogen and oxygen atoms in total. The van der Waals surface area contributed by atoms with E-state index in [0.29, 0.717) is 25.1 Å². The summed E-state index contributed by atoms with van der Waals surface area (Å²) in [4.78, 5) is 16.6. The number of aromatic nitrogens is 4. The molecule has 0 spiro atoms. The molecule has 1 amide bonds. The predicted molar refractivity (Wildman–Crippen MR) is 114 cm³/mol. The number of hydrogen-bond donors (Lipinski definition) is 1. The average molecular weight is 408 g/mol. The Morgan fingerprint density at radius 1 is 1.25 bits per heavy atom. The van der Waals surface area contributed by atoms with Crippen molar-refractivity contribution in [2.75, 3.05) is 5.32 Å². The van der Waals surface area contributed by atoms with Gasteiger partial charge in [0.05, 0.1) is 21.6 Å². The van der Waals surface area contributed by atoms with E-state index in [4.69, 9.17) is 6.42 Å². The molecular weight excluding hydrogens is 390 g/mol. The number of carbonyl (C=O) groups excluding carboxylic acids is 1. The zero-order valence-corrected chi connectivity index (χ0v) is 16.6. The maximum atomic E-state index is 12.0. The van der Waals surface area contributed by atoms with E-state index in [0.717, 1.165) is 31.3 Å². The summed E-state index contributed by atoms with van der Waals surface area (Å²) in [7, 11) is 0. The van der Waals surface area contributed by atoms with Gasteiger partial charge in [0.15, 0.2) is 4.34 Å². The zero-order chi connectivity index (χ0) is 19.3. The Kier molecular flexibility index (Phi) is 5.55. The molecule has 4 aromatic rings. The minimum absolute atomic E-state index is 0.0215. The van der Waals surface area contributed by atoms with Crippen LogP contribution < -0.4 is 5.32 Å². The quantitative estimate of drug-likeness (QED) is 0.277. The first kappa shape index (κ1) is 18.5. The molecule has 0 fully saturated rings. The molecule has 1 N–H and O–H groups in total.